The third kappa shape index (κ3) is 6.22. The van der Waals surface area contributed by atoms with Crippen LogP contribution in [0, 0.1) is 23.0 Å². The first kappa shape index (κ1) is 29.8. The number of hydrogen-bond donors (Lipinski definition) is 1. The molecule has 0 radical (unpaired) electrons. The minimum atomic E-state index is -4.85. The van der Waals surface area contributed by atoms with Crippen LogP contribution in [0.15, 0.2) is 24.4 Å². The molecular formula is C28H29F6N7O. The number of nitrogens with one attached hydrogen (secondary N) is 1. The van der Waals surface area contributed by atoms with E-state index < -0.39 is 40.8 Å². The molecule has 6 rings (SSSR count). The molecule has 1 aromatic carbocycles. The molecular weight excluding hydrogens is 564 g/mol. The monoisotopic (exact) mass is 593 g/mol. The molecule has 5 heterocycles. The van der Waals surface area contributed by atoms with Crippen molar-refractivity contribution in [3.8, 4) is 23.3 Å². The van der Waals surface area contributed by atoms with E-state index in [2.05, 4.69) is 31.2 Å². The largest absolute Gasteiger partial charge is 0.467 e. The van der Waals surface area contributed by atoms with Crippen molar-refractivity contribution in [2.24, 2.45) is 0 Å². The van der Waals surface area contributed by atoms with Crippen molar-refractivity contribution in [2.45, 2.75) is 50.1 Å². The van der Waals surface area contributed by atoms with Gasteiger partial charge >= 0.3 is 12.2 Å². The second-order valence-electron chi connectivity index (χ2n) is 10.5. The molecule has 2 aromatic heterocycles. The first-order valence-electron chi connectivity index (χ1n) is 13.6. The van der Waals surface area contributed by atoms with Gasteiger partial charge in [-0.1, -0.05) is 0 Å². The van der Waals surface area contributed by atoms with Crippen LogP contribution >= 0.6 is 0 Å². The molecule has 0 spiro atoms. The van der Waals surface area contributed by atoms with Gasteiger partial charge in [-0.25, -0.2) is 13.2 Å². The van der Waals surface area contributed by atoms with Gasteiger partial charge in [0.15, 0.2) is 5.82 Å². The Morgan fingerprint density at radius 3 is 2.69 bits per heavy atom. The highest BCUT2D eigenvalue weighted by atomic mass is 19.4. The molecule has 3 saturated heterocycles. The minimum Gasteiger partial charge on any atom is -0.467 e. The Morgan fingerprint density at radius 1 is 1.17 bits per heavy atom. The number of methoxy groups -OCH3 is 1. The molecule has 0 aliphatic carbocycles. The van der Waals surface area contributed by atoms with E-state index in [4.69, 9.17) is 10.00 Å². The molecule has 42 heavy (non-hydrogen) atoms. The fourth-order valence-corrected chi connectivity index (χ4v) is 5.79. The highest BCUT2D eigenvalue weighted by Crippen LogP contribution is 2.39. The fourth-order valence-electron chi connectivity index (χ4n) is 5.79. The lowest BCUT2D eigenvalue weighted by atomic mass is 10.0. The molecule has 3 atom stereocenters. The average Bonchev–Trinajstić information content (AvgIpc) is 3.54. The summed E-state index contributed by atoms with van der Waals surface area (Å²) in [6.07, 6.45) is -0.632. The Bertz CT molecular complexity index is 1470. The Hall–Kier alpha value is -3.70. The summed E-state index contributed by atoms with van der Waals surface area (Å²) >= 11 is 0. The van der Waals surface area contributed by atoms with Crippen LogP contribution in [0.2, 0.25) is 0 Å². The SMILES string of the molecule is COc1nc(N2CCNC(CC#N)C2)c2cnc(-c3cc(F)ccc3C(F)(F)F)c(F)c2n1.FC1CC2CCCN2C1. The Labute approximate surface area is 238 Å². The lowest BCUT2D eigenvalue weighted by Gasteiger charge is -2.34. The van der Waals surface area contributed by atoms with E-state index in [0.29, 0.717) is 50.4 Å². The number of aromatic nitrogens is 3. The van der Waals surface area contributed by atoms with Crippen LogP contribution in [0.4, 0.5) is 32.2 Å². The lowest BCUT2D eigenvalue weighted by molar-refractivity contribution is -0.137. The van der Waals surface area contributed by atoms with Gasteiger partial charge in [-0.2, -0.15) is 28.4 Å². The number of hydrogen-bond acceptors (Lipinski definition) is 8. The first-order chi connectivity index (χ1) is 20.1. The number of alkyl halides is 4. The molecule has 224 valence electrons. The molecule has 3 unspecified atom stereocenters. The van der Waals surface area contributed by atoms with E-state index >= 15 is 4.39 Å². The summed E-state index contributed by atoms with van der Waals surface area (Å²) in [5.74, 6) is -1.85. The summed E-state index contributed by atoms with van der Waals surface area (Å²) in [4.78, 5) is 16.3. The van der Waals surface area contributed by atoms with Crippen LogP contribution in [0.1, 0.15) is 31.2 Å². The number of pyridine rings is 1. The van der Waals surface area contributed by atoms with E-state index in [0.717, 1.165) is 19.2 Å². The second-order valence-corrected chi connectivity index (χ2v) is 10.5. The van der Waals surface area contributed by atoms with Gasteiger partial charge in [0.1, 0.15) is 29.0 Å². The van der Waals surface area contributed by atoms with E-state index in [1.165, 1.54) is 20.0 Å². The van der Waals surface area contributed by atoms with Crippen molar-refractivity contribution in [3.63, 3.8) is 0 Å². The number of piperazine rings is 1. The lowest BCUT2D eigenvalue weighted by Crippen LogP contribution is -2.51. The summed E-state index contributed by atoms with van der Waals surface area (Å²) < 4.78 is 87.5. The fraction of sp³-hybridized carbons (Fsp3) is 0.500. The van der Waals surface area contributed by atoms with Crippen LogP contribution < -0.4 is 15.0 Å². The van der Waals surface area contributed by atoms with Gasteiger partial charge < -0.3 is 15.0 Å². The zero-order valence-corrected chi connectivity index (χ0v) is 22.8. The zero-order chi connectivity index (χ0) is 30.0. The quantitative estimate of drug-likeness (QED) is 0.429. The van der Waals surface area contributed by atoms with Gasteiger partial charge in [0, 0.05) is 50.0 Å². The Balaban J connectivity index is 0.000000330. The zero-order valence-electron chi connectivity index (χ0n) is 22.8. The summed E-state index contributed by atoms with van der Waals surface area (Å²) in [5, 5.41) is 12.3. The van der Waals surface area contributed by atoms with Crippen molar-refractivity contribution in [1.29, 1.82) is 5.26 Å². The smallest absolute Gasteiger partial charge is 0.417 e. The predicted molar refractivity (Wildman–Crippen MR) is 143 cm³/mol. The summed E-state index contributed by atoms with van der Waals surface area (Å²) in [6.45, 7) is 3.25. The van der Waals surface area contributed by atoms with Crippen LogP contribution in [-0.4, -0.2) is 77.9 Å². The Morgan fingerprint density at radius 2 is 1.98 bits per heavy atom. The number of benzene rings is 1. The van der Waals surface area contributed by atoms with Crippen LogP contribution in [0.25, 0.3) is 22.2 Å². The third-order valence-electron chi connectivity index (χ3n) is 7.72. The molecule has 1 N–H and O–H groups in total. The molecule has 14 heteroatoms. The molecule has 0 saturated carbocycles. The highest BCUT2D eigenvalue weighted by Gasteiger charge is 2.36. The average molecular weight is 594 g/mol. The van der Waals surface area contributed by atoms with E-state index in [-0.39, 0.29) is 35.2 Å². The number of halogens is 6. The molecule has 3 fully saturated rings. The van der Waals surface area contributed by atoms with Crippen molar-refractivity contribution in [1.82, 2.24) is 25.2 Å². The molecule has 0 bridgehead atoms. The number of fused-ring (bicyclic) bond motifs is 2. The van der Waals surface area contributed by atoms with Gasteiger partial charge in [-0.3, -0.25) is 9.88 Å². The van der Waals surface area contributed by atoms with Gasteiger partial charge in [0.25, 0.3) is 0 Å². The van der Waals surface area contributed by atoms with Crippen LogP contribution in [0.3, 0.4) is 0 Å². The van der Waals surface area contributed by atoms with Crippen molar-refractivity contribution in [2.75, 3.05) is 44.7 Å². The van der Waals surface area contributed by atoms with Crippen LogP contribution in [-0.2, 0) is 6.18 Å². The van der Waals surface area contributed by atoms with E-state index in [9.17, 15) is 22.0 Å². The van der Waals surface area contributed by atoms with E-state index in [1.807, 2.05) is 0 Å². The minimum absolute atomic E-state index is 0.152. The van der Waals surface area contributed by atoms with Gasteiger partial charge in [-0.15, -0.1) is 0 Å². The summed E-state index contributed by atoms with van der Waals surface area (Å²) in [7, 11) is 1.27. The summed E-state index contributed by atoms with van der Waals surface area (Å²) in [5.41, 5.74) is -2.96. The molecule has 0 amide bonds. The number of nitrogens with zero attached hydrogens (tertiary/aromatic N) is 6. The normalized spacial score (nSPS) is 22.4. The van der Waals surface area contributed by atoms with Crippen molar-refractivity contribution in [3.05, 3.63) is 41.6 Å². The number of nitriles is 1. The maximum absolute atomic E-state index is 15.5. The topological polar surface area (TPSA) is 90.2 Å². The first-order valence-corrected chi connectivity index (χ1v) is 13.6. The van der Waals surface area contributed by atoms with Gasteiger partial charge in [-0.05, 0) is 44.0 Å². The standard InChI is InChI=1S/C21H17F5N6O.C7H12FN/c1-33-20-30-18-14(19(31-20)32-7-6-28-12(10-32)4-5-27)9-29-17(16(18)23)13-8-11(22)2-3-15(13)21(24,25)26;8-6-4-7-2-1-3-9(7)5-6/h2-3,8-9,12,28H,4,6-7,10H2,1H3;6-7H,1-5H2. The third-order valence-corrected chi connectivity index (χ3v) is 7.72. The number of rotatable bonds is 4. The van der Waals surface area contributed by atoms with Crippen LogP contribution in [0.5, 0.6) is 6.01 Å². The van der Waals surface area contributed by atoms with Crippen molar-refractivity contribution >= 4 is 16.7 Å². The predicted octanol–water partition coefficient (Wildman–Crippen LogP) is 4.88. The van der Waals surface area contributed by atoms with Crippen molar-refractivity contribution < 1.29 is 31.1 Å². The molecule has 8 nitrogen and oxygen atoms in total. The summed E-state index contributed by atoms with van der Waals surface area (Å²) in [6, 6.07) is 4.12. The van der Waals surface area contributed by atoms with Gasteiger partial charge in [0.2, 0.25) is 0 Å². The molecule has 3 aromatic rings. The highest BCUT2D eigenvalue weighted by molar-refractivity contribution is 5.92. The van der Waals surface area contributed by atoms with Gasteiger partial charge in [0.05, 0.1) is 30.5 Å². The number of anilines is 1. The molecule has 3 aliphatic rings. The molecule has 3 aliphatic heterocycles. The second kappa shape index (κ2) is 12.3. The Kier molecular flexibility index (Phi) is 8.70. The maximum Gasteiger partial charge on any atom is 0.417 e. The maximum atomic E-state index is 15.5. The van der Waals surface area contributed by atoms with E-state index in [1.54, 1.807) is 4.90 Å². The number of ether oxygens (including phenoxy) is 1.